The molecule has 0 fully saturated rings. The van der Waals surface area contributed by atoms with Gasteiger partial charge in [-0.25, -0.2) is 4.98 Å². The van der Waals surface area contributed by atoms with E-state index in [-0.39, 0.29) is 0 Å². The number of hydrogen-bond donors (Lipinski definition) is 0. The summed E-state index contributed by atoms with van der Waals surface area (Å²) in [4.78, 5) is 4.69. The van der Waals surface area contributed by atoms with Crippen LogP contribution in [0.2, 0.25) is 0 Å². The van der Waals surface area contributed by atoms with Crippen LogP contribution in [0.15, 0.2) is 78.9 Å². The van der Waals surface area contributed by atoms with Crippen LogP contribution in [0, 0.1) is 6.92 Å². The summed E-state index contributed by atoms with van der Waals surface area (Å²) in [6, 6.07) is 27.3. The molecule has 4 aromatic rings. The number of rotatable bonds is 2. The Balaban J connectivity index is 1.96. The fourth-order valence-electron chi connectivity index (χ4n) is 2.91. The lowest BCUT2D eigenvalue weighted by Gasteiger charge is -2.08. The summed E-state index contributed by atoms with van der Waals surface area (Å²) in [5, 5.41) is 0. The summed E-state index contributed by atoms with van der Waals surface area (Å²) in [7, 11) is 0. The minimum Gasteiger partial charge on any atom is -0.297 e. The molecule has 0 aliphatic rings. The first-order chi connectivity index (χ1) is 10.8. The third kappa shape index (κ3) is 2.09. The highest BCUT2D eigenvalue weighted by molar-refractivity contribution is 5.84. The van der Waals surface area contributed by atoms with Crippen molar-refractivity contribution in [2.75, 3.05) is 0 Å². The van der Waals surface area contributed by atoms with Crippen LogP contribution in [0.25, 0.3) is 27.8 Å². The molecule has 4 rings (SSSR count). The number of aromatic nitrogens is 2. The number of nitrogens with zero attached hydrogens (tertiary/aromatic N) is 2. The first kappa shape index (κ1) is 12.8. The number of benzene rings is 3. The van der Waals surface area contributed by atoms with Gasteiger partial charge in [-0.2, -0.15) is 0 Å². The van der Waals surface area contributed by atoms with Gasteiger partial charge in [-0.1, -0.05) is 54.6 Å². The minimum absolute atomic E-state index is 1.01. The molecule has 2 nitrogen and oxygen atoms in total. The van der Waals surface area contributed by atoms with Gasteiger partial charge in [0.15, 0.2) is 0 Å². The summed E-state index contributed by atoms with van der Waals surface area (Å²) in [5.41, 5.74) is 5.76. The van der Waals surface area contributed by atoms with Crippen molar-refractivity contribution in [3.05, 3.63) is 84.7 Å². The molecule has 0 unspecified atom stereocenters. The summed E-state index contributed by atoms with van der Waals surface area (Å²) in [6.07, 6.45) is 0. The summed E-state index contributed by atoms with van der Waals surface area (Å²) >= 11 is 0. The van der Waals surface area contributed by atoms with Crippen LogP contribution in [0.5, 0.6) is 0 Å². The molecule has 0 amide bonds. The Morgan fingerprint density at radius 2 is 1.41 bits per heavy atom. The van der Waals surface area contributed by atoms with Gasteiger partial charge in [-0.15, -0.1) is 0 Å². The van der Waals surface area contributed by atoms with Crippen molar-refractivity contribution in [2.45, 2.75) is 6.92 Å². The van der Waals surface area contributed by atoms with Crippen LogP contribution >= 0.6 is 0 Å². The zero-order chi connectivity index (χ0) is 14.9. The molecule has 0 saturated carbocycles. The Labute approximate surface area is 129 Å². The van der Waals surface area contributed by atoms with Crippen LogP contribution in [0.4, 0.5) is 0 Å². The third-order valence-electron chi connectivity index (χ3n) is 3.94. The van der Waals surface area contributed by atoms with Gasteiger partial charge >= 0.3 is 0 Å². The van der Waals surface area contributed by atoms with Crippen molar-refractivity contribution in [2.24, 2.45) is 0 Å². The third-order valence-corrected chi connectivity index (χ3v) is 3.94. The number of aryl methyl sites for hydroxylation is 1. The number of imidazole rings is 1. The van der Waals surface area contributed by atoms with Crippen molar-refractivity contribution >= 4 is 11.0 Å². The Kier molecular flexibility index (Phi) is 3.01. The number of para-hydroxylation sites is 1. The van der Waals surface area contributed by atoms with E-state index in [2.05, 4.69) is 83.2 Å². The minimum atomic E-state index is 1.01. The zero-order valence-electron chi connectivity index (χ0n) is 12.4. The lowest BCUT2D eigenvalue weighted by molar-refractivity contribution is 1.00. The Hall–Kier alpha value is -2.87. The van der Waals surface area contributed by atoms with E-state index >= 15 is 0 Å². The summed E-state index contributed by atoms with van der Waals surface area (Å²) in [5.74, 6) is 1.01. The van der Waals surface area contributed by atoms with Crippen LogP contribution in [-0.4, -0.2) is 9.55 Å². The summed E-state index contributed by atoms with van der Waals surface area (Å²) < 4.78 is 2.21. The summed E-state index contributed by atoms with van der Waals surface area (Å²) in [6.45, 7) is 2.05. The van der Waals surface area contributed by atoms with E-state index < -0.39 is 0 Å². The van der Waals surface area contributed by atoms with Crippen LogP contribution < -0.4 is 0 Å². The molecule has 0 bridgehead atoms. The van der Waals surface area contributed by atoms with Gasteiger partial charge in [0, 0.05) is 5.69 Å². The van der Waals surface area contributed by atoms with Crippen molar-refractivity contribution in [3.8, 4) is 16.8 Å². The molecule has 22 heavy (non-hydrogen) atoms. The highest BCUT2D eigenvalue weighted by Crippen LogP contribution is 2.27. The van der Waals surface area contributed by atoms with Crippen LogP contribution in [0.1, 0.15) is 5.82 Å². The van der Waals surface area contributed by atoms with E-state index in [4.69, 9.17) is 0 Å². The molecule has 3 aromatic carbocycles. The second-order valence-electron chi connectivity index (χ2n) is 5.40. The Morgan fingerprint density at radius 1 is 0.727 bits per heavy atom. The molecule has 1 heterocycles. The Bertz CT molecular complexity index is 922. The number of fused-ring (bicyclic) bond motifs is 1. The van der Waals surface area contributed by atoms with Crippen LogP contribution in [0.3, 0.4) is 0 Å². The highest BCUT2D eigenvalue weighted by Gasteiger charge is 2.10. The average molecular weight is 284 g/mol. The quantitative estimate of drug-likeness (QED) is 0.506. The molecule has 0 radical (unpaired) electrons. The highest BCUT2D eigenvalue weighted by atomic mass is 15.1. The normalized spacial score (nSPS) is 11.0. The van der Waals surface area contributed by atoms with E-state index in [1.54, 1.807) is 0 Å². The lowest BCUT2D eigenvalue weighted by atomic mass is 10.1. The van der Waals surface area contributed by atoms with E-state index in [9.17, 15) is 0 Å². The predicted molar refractivity (Wildman–Crippen MR) is 91.2 cm³/mol. The van der Waals surface area contributed by atoms with Gasteiger partial charge in [0.25, 0.3) is 0 Å². The van der Waals surface area contributed by atoms with Gasteiger partial charge in [-0.3, -0.25) is 4.57 Å². The van der Waals surface area contributed by atoms with Gasteiger partial charge in [0.2, 0.25) is 0 Å². The first-order valence-electron chi connectivity index (χ1n) is 7.43. The fourth-order valence-corrected chi connectivity index (χ4v) is 2.91. The first-order valence-corrected chi connectivity index (χ1v) is 7.43. The van der Waals surface area contributed by atoms with Gasteiger partial charge in [-0.05, 0) is 42.3 Å². The standard InChI is InChI=1S/C20H16N2/c1-15-21-19-13-12-17(16-8-4-2-5-9-16)14-20(19)22(15)18-10-6-3-7-11-18/h2-14H,1H3. The van der Waals surface area contributed by atoms with Gasteiger partial charge in [0.05, 0.1) is 11.0 Å². The molecule has 0 atom stereocenters. The van der Waals surface area contributed by atoms with Gasteiger partial charge in [0.1, 0.15) is 5.82 Å². The molecule has 0 N–H and O–H groups in total. The number of hydrogen-bond acceptors (Lipinski definition) is 1. The molecule has 0 spiro atoms. The van der Waals surface area contributed by atoms with E-state index in [1.807, 2.05) is 12.1 Å². The lowest BCUT2D eigenvalue weighted by Crippen LogP contribution is -1.96. The van der Waals surface area contributed by atoms with E-state index in [0.717, 1.165) is 22.5 Å². The second kappa shape index (κ2) is 5.15. The maximum atomic E-state index is 4.69. The molecule has 0 aliphatic heterocycles. The molecular formula is C20H16N2. The SMILES string of the molecule is Cc1nc2ccc(-c3ccccc3)cc2n1-c1ccccc1. The van der Waals surface area contributed by atoms with Crippen molar-refractivity contribution < 1.29 is 0 Å². The average Bonchev–Trinajstić information content (AvgIpc) is 2.91. The molecule has 2 heteroatoms. The molecule has 1 aromatic heterocycles. The molecule has 0 aliphatic carbocycles. The molecule has 106 valence electrons. The fraction of sp³-hybridized carbons (Fsp3) is 0.0500. The smallest absolute Gasteiger partial charge is 0.111 e. The monoisotopic (exact) mass is 284 g/mol. The van der Waals surface area contributed by atoms with Crippen molar-refractivity contribution in [1.82, 2.24) is 9.55 Å². The van der Waals surface area contributed by atoms with Crippen LogP contribution in [-0.2, 0) is 0 Å². The molecule has 0 saturated heterocycles. The largest absolute Gasteiger partial charge is 0.297 e. The van der Waals surface area contributed by atoms with Crippen molar-refractivity contribution in [1.29, 1.82) is 0 Å². The topological polar surface area (TPSA) is 17.8 Å². The molecular weight excluding hydrogens is 268 g/mol. The van der Waals surface area contributed by atoms with E-state index in [0.29, 0.717) is 0 Å². The Morgan fingerprint density at radius 3 is 2.14 bits per heavy atom. The predicted octanol–water partition coefficient (Wildman–Crippen LogP) is 5.00. The second-order valence-corrected chi connectivity index (χ2v) is 5.40. The maximum absolute atomic E-state index is 4.69. The van der Waals surface area contributed by atoms with E-state index in [1.165, 1.54) is 11.1 Å². The zero-order valence-corrected chi connectivity index (χ0v) is 12.4. The van der Waals surface area contributed by atoms with Crippen molar-refractivity contribution in [3.63, 3.8) is 0 Å². The van der Waals surface area contributed by atoms with Gasteiger partial charge < -0.3 is 0 Å². The maximum Gasteiger partial charge on any atom is 0.111 e.